The van der Waals surface area contributed by atoms with Gasteiger partial charge in [0.2, 0.25) is 21.7 Å². The minimum absolute atomic E-state index is 0.0148. The Hall–Kier alpha value is -7.36. The standard InChI is InChI=1S/C50H54N8O11S2/c1-8-68-48(59)47-51-41-11-9-10-40(44(41)52-47)39-24-25-42(70(61,62)38-26-27-56(31-38)49(60)69-50(2,3)4)45(43(39)46-53-55-58(54-46)30-34-16-22-37(67-7)23-17-34)71(63,64)57(28-32-12-18-35(65-5)19-13-32)29-33-14-20-36(66-6)21-15-33/h9-25,38H,8,26-31H2,1-7H3,(H,51,52). The predicted octanol–water partition coefficient (Wildman–Crippen LogP) is 7.31. The van der Waals surface area contributed by atoms with Crippen LogP contribution in [-0.2, 0) is 49.0 Å². The number of benzene rings is 5. The summed E-state index contributed by atoms with van der Waals surface area (Å²) >= 11 is 0. The SMILES string of the molecule is CCOC(=O)c1nc2c(-c3ccc(S(=O)(=O)C4CCN(C(=O)OC(C)(C)C)C4)c(S(=O)(=O)N(Cc4ccc(OC)cc4)Cc4ccc(OC)cc4)c3-c3nnn(Cc4ccc(OC)cc4)n3)cccc2[nH]1. The highest BCUT2D eigenvalue weighted by molar-refractivity contribution is 7.94. The number of fused-ring (bicyclic) bond motifs is 1. The summed E-state index contributed by atoms with van der Waals surface area (Å²) in [5.74, 6) is 0.669. The molecule has 0 radical (unpaired) electrons. The molecule has 71 heavy (non-hydrogen) atoms. The summed E-state index contributed by atoms with van der Waals surface area (Å²) in [7, 11) is -5.08. The second-order valence-electron chi connectivity index (χ2n) is 17.7. The van der Waals surface area contributed by atoms with Gasteiger partial charge < -0.3 is 33.6 Å². The summed E-state index contributed by atoms with van der Waals surface area (Å²) in [4.78, 5) is 35.4. The van der Waals surface area contributed by atoms with E-state index in [1.54, 1.807) is 114 Å². The monoisotopic (exact) mass is 1010 g/mol. The first kappa shape index (κ1) is 50.0. The molecule has 1 N–H and O–H groups in total. The van der Waals surface area contributed by atoms with Crippen LogP contribution in [0.1, 0.15) is 61.4 Å². The van der Waals surface area contributed by atoms with Gasteiger partial charge in [-0.25, -0.2) is 31.4 Å². The number of esters is 1. The minimum Gasteiger partial charge on any atom is -0.497 e. The summed E-state index contributed by atoms with van der Waals surface area (Å²) in [5.41, 5.74) is 1.95. The van der Waals surface area contributed by atoms with Crippen molar-refractivity contribution in [3.8, 4) is 39.8 Å². The van der Waals surface area contributed by atoms with Crippen LogP contribution in [-0.4, -0.2) is 120 Å². The number of likely N-dealkylation sites (tertiary alicyclic amines) is 1. The zero-order valence-corrected chi connectivity index (χ0v) is 41.9. The highest BCUT2D eigenvalue weighted by Crippen LogP contribution is 2.44. The van der Waals surface area contributed by atoms with Crippen LogP contribution in [0.25, 0.3) is 33.5 Å². The van der Waals surface area contributed by atoms with E-state index in [-0.39, 0.29) is 74.0 Å². The maximum absolute atomic E-state index is 16.3. The van der Waals surface area contributed by atoms with Crippen molar-refractivity contribution >= 4 is 43.0 Å². The molecule has 0 bridgehead atoms. The highest BCUT2D eigenvalue weighted by Gasteiger charge is 2.44. The lowest BCUT2D eigenvalue weighted by atomic mass is 9.98. The van der Waals surface area contributed by atoms with Gasteiger partial charge in [0.25, 0.3) is 0 Å². The first-order valence-electron chi connectivity index (χ1n) is 22.6. The molecule has 8 rings (SSSR count). The van der Waals surface area contributed by atoms with Gasteiger partial charge in [-0.1, -0.05) is 54.6 Å². The molecule has 1 aliphatic rings. The Bertz CT molecular complexity index is 3230. The lowest BCUT2D eigenvalue weighted by Crippen LogP contribution is -2.37. The second-order valence-corrected chi connectivity index (χ2v) is 21.7. The molecule has 372 valence electrons. The van der Waals surface area contributed by atoms with Gasteiger partial charge in [-0.3, -0.25) is 0 Å². The predicted molar refractivity (Wildman–Crippen MR) is 262 cm³/mol. The number of rotatable bonds is 17. The Morgan fingerprint density at radius 2 is 1.37 bits per heavy atom. The number of amides is 1. The van der Waals surface area contributed by atoms with Crippen LogP contribution in [0.15, 0.2) is 113 Å². The number of nitrogens with zero attached hydrogens (tertiary/aromatic N) is 7. The molecule has 0 saturated carbocycles. The lowest BCUT2D eigenvalue weighted by molar-refractivity contribution is 0.0295. The third kappa shape index (κ3) is 10.9. The number of imidazole rings is 1. The molecule has 21 heteroatoms. The number of tetrazole rings is 1. The van der Waals surface area contributed by atoms with Crippen molar-refractivity contribution < 1.29 is 50.1 Å². The number of hydrogen-bond donors (Lipinski definition) is 1. The fourth-order valence-electron chi connectivity index (χ4n) is 8.22. The van der Waals surface area contributed by atoms with Gasteiger partial charge in [0.05, 0.1) is 61.2 Å². The maximum atomic E-state index is 16.3. The molecular formula is C50H54N8O11S2. The molecule has 1 saturated heterocycles. The Kier molecular flexibility index (Phi) is 14.5. The van der Waals surface area contributed by atoms with Crippen molar-refractivity contribution in [2.45, 2.75) is 74.4 Å². The Labute approximate surface area is 411 Å². The summed E-state index contributed by atoms with van der Waals surface area (Å²) in [5, 5.41) is 12.3. The summed E-state index contributed by atoms with van der Waals surface area (Å²) in [6.45, 7) is 6.28. The van der Waals surface area contributed by atoms with Crippen molar-refractivity contribution in [2.75, 3.05) is 41.0 Å². The number of hydrogen-bond acceptors (Lipinski definition) is 15. The summed E-state index contributed by atoms with van der Waals surface area (Å²) < 4.78 is 91.8. The van der Waals surface area contributed by atoms with E-state index in [4.69, 9.17) is 28.8 Å². The Balaban J connectivity index is 1.40. The van der Waals surface area contributed by atoms with Crippen LogP contribution in [0.2, 0.25) is 0 Å². The van der Waals surface area contributed by atoms with E-state index in [1.807, 2.05) is 12.1 Å². The topological polar surface area (TPSA) is 227 Å². The molecule has 5 aromatic carbocycles. The molecule has 0 aliphatic carbocycles. The van der Waals surface area contributed by atoms with Crippen molar-refractivity contribution in [3.05, 3.63) is 126 Å². The van der Waals surface area contributed by atoms with E-state index in [0.29, 0.717) is 39.5 Å². The maximum Gasteiger partial charge on any atom is 0.410 e. The van der Waals surface area contributed by atoms with Gasteiger partial charge in [0, 0.05) is 31.7 Å². The number of ether oxygens (including phenoxy) is 5. The average molecular weight is 1010 g/mol. The number of nitrogens with one attached hydrogen (secondary N) is 1. The van der Waals surface area contributed by atoms with Crippen molar-refractivity contribution in [1.82, 2.24) is 39.4 Å². The van der Waals surface area contributed by atoms with Gasteiger partial charge >= 0.3 is 12.1 Å². The van der Waals surface area contributed by atoms with Gasteiger partial charge in [-0.05, 0) is 110 Å². The average Bonchev–Trinajstić information content (AvgIpc) is 4.15. The van der Waals surface area contributed by atoms with Crippen LogP contribution < -0.4 is 14.2 Å². The number of aromatic amines is 1. The van der Waals surface area contributed by atoms with Gasteiger partial charge in [0.1, 0.15) is 27.7 Å². The number of methoxy groups -OCH3 is 3. The number of aromatic nitrogens is 6. The number of carbonyl (C=O) groups excluding carboxylic acids is 2. The first-order valence-corrected chi connectivity index (χ1v) is 25.6. The van der Waals surface area contributed by atoms with E-state index in [9.17, 15) is 9.59 Å². The molecule has 3 heterocycles. The molecule has 1 unspecified atom stereocenters. The third-order valence-corrected chi connectivity index (χ3v) is 16.0. The number of H-pyrrole nitrogens is 1. The van der Waals surface area contributed by atoms with Gasteiger partial charge in [-0.15, -0.1) is 10.2 Å². The van der Waals surface area contributed by atoms with E-state index in [2.05, 4.69) is 20.3 Å². The number of sulfone groups is 1. The van der Waals surface area contributed by atoms with E-state index in [1.165, 1.54) is 40.4 Å². The fraction of sp³-hybridized carbons (Fsp3) is 0.320. The van der Waals surface area contributed by atoms with Crippen LogP contribution in [0.3, 0.4) is 0 Å². The number of sulfonamides is 1. The Morgan fingerprint density at radius 1 is 0.775 bits per heavy atom. The summed E-state index contributed by atoms with van der Waals surface area (Å²) in [6.07, 6.45) is -0.713. The second kappa shape index (κ2) is 20.5. The first-order chi connectivity index (χ1) is 33.9. The van der Waals surface area contributed by atoms with Gasteiger partial charge in [0.15, 0.2) is 9.84 Å². The molecule has 1 atom stereocenters. The molecule has 1 amide bonds. The smallest absolute Gasteiger partial charge is 0.410 e. The minimum atomic E-state index is -5.01. The fourth-order valence-corrected chi connectivity index (χ4v) is 12.3. The van der Waals surface area contributed by atoms with Crippen molar-refractivity contribution in [3.63, 3.8) is 0 Å². The molecule has 19 nitrogen and oxygen atoms in total. The zero-order chi connectivity index (χ0) is 50.7. The van der Waals surface area contributed by atoms with Crippen molar-refractivity contribution in [2.24, 2.45) is 0 Å². The lowest BCUT2D eigenvalue weighted by Gasteiger charge is -2.27. The Morgan fingerprint density at radius 3 is 1.93 bits per heavy atom. The molecule has 7 aromatic rings. The third-order valence-electron chi connectivity index (χ3n) is 11.7. The van der Waals surface area contributed by atoms with E-state index >= 15 is 16.8 Å². The molecular weight excluding hydrogens is 953 g/mol. The van der Waals surface area contributed by atoms with Crippen LogP contribution in [0, 0.1) is 0 Å². The van der Waals surface area contributed by atoms with Crippen LogP contribution in [0.4, 0.5) is 4.79 Å². The molecule has 1 aliphatic heterocycles. The molecule has 2 aromatic heterocycles. The van der Waals surface area contributed by atoms with E-state index in [0.717, 1.165) is 5.56 Å². The number of para-hydroxylation sites is 1. The quantitative estimate of drug-likeness (QED) is 0.0883. The highest BCUT2D eigenvalue weighted by atomic mass is 32.2. The largest absolute Gasteiger partial charge is 0.497 e. The zero-order valence-electron chi connectivity index (χ0n) is 40.3. The molecule has 0 spiro atoms. The van der Waals surface area contributed by atoms with E-state index < -0.39 is 52.6 Å². The van der Waals surface area contributed by atoms with Crippen molar-refractivity contribution in [1.29, 1.82) is 0 Å². The van der Waals surface area contributed by atoms with Crippen LogP contribution >= 0.6 is 0 Å². The van der Waals surface area contributed by atoms with Crippen LogP contribution in [0.5, 0.6) is 17.2 Å². The molecule has 1 fully saturated rings. The normalized spacial score (nSPS) is 14.2. The van der Waals surface area contributed by atoms with Gasteiger partial charge in [-0.2, -0.15) is 9.10 Å². The number of carbonyl (C=O) groups is 2. The summed E-state index contributed by atoms with van der Waals surface area (Å²) in [6, 6.07) is 28.6.